The number of hydrogen-bond acceptors (Lipinski definition) is 3. The molecule has 1 amide bonds. The third-order valence-corrected chi connectivity index (χ3v) is 4.76. The molecule has 0 bridgehead atoms. The van der Waals surface area contributed by atoms with E-state index in [4.69, 9.17) is 4.74 Å². The highest BCUT2D eigenvalue weighted by Crippen LogP contribution is 2.34. The topological polar surface area (TPSA) is 41.9 Å². The van der Waals surface area contributed by atoms with Crippen LogP contribution in [0.2, 0.25) is 0 Å². The number of amides is 1. The van der Waals surface area contributed by atoms with Gasteiger partial charge in [0.2, 0.25) is 0 Å². The minimum Gasteiger partial charge on any atom is -0.494 e. The molecular weight excluding hydrogens is 300 g/mol. The van der Waals surface area contributed by atoms with E-state index in [9.17, 15) is 4.79 Å². The maximum absolute atomic E-state index is 13.1. The fraction of sp³-hybridized carbons (Fsp3) is 0.300. The van der Waals surface area contributed by atoms with E-state index in [-0.39, 0.29) is 11.9 Å². The van der Waals surface area contributed by atoms with Crippen LogP contribution in [0.5, 0.6) is 5.75 Å². The van der Waals surface area contributed by atoms with Gasteiger partial charge in [-0.05, 0) is 43.0 Å². The Morgan fingerprint density at radius 1 is 1.25 bits per heavy atom. The molecular formula is C20H20N2O2. The lowest BCUT2D eigenvalue weighted by molar-refractivity contribution is 0.0703. The Kier molecular flexibility index (Phi) is 3.60. The van der Waals surface area contributed by atoms with Gasteiger partial charge in [-0.15, -0.1) is 0 Å². The van der Waals surface area contributed by atoms with Gasteiger partial charge in [0.05, 0.1) is 23.9 Å². The normalized spacial score (nSPS) is 18.5. The van der Waals surface area contributed by atoms with E-state index in [0.717, 1.165) is 17.7 Å². The quantitative estimate of drug-likeness (QED) is 0.847. The molecule has 1 atom stereocenters. The summed E-state index contributed by atoms with van der Waals surface area (Å²) in [6, 6.07) is 12.1. The van der Waals surface area contributed by atoms with Crippen molar-refractivity contribution >= 4 is 17.8 Å². The molecule has 0 saturated heterocycles. The lowest BCUT2D eigenvalue weighted by Crippen LogP contribution is -2.44. The number of benzene rings is 2. The molecule has 0 radical (unpaired) electrons. The number of ether oxygens (including phenoxy) is 1. The summed E-state index contributed by atoms with van der Waals surface area (Å²) in [4.78, 5) is 19.6. The summed E-state index contributed by atoms with van der Waals surface area (Å²) in [7, 11) is 0. The molecule has 2 aliphatic rings. The number of nitrogens with zero attached hydrogens (tertiary/aromatic N) is 2. The van der Waals surface area contributed by atoms with Crippen molar-refractivity contribution in [3.63, 3.8) is 0 Å². The molecule has 2 aromatic carbocycles. The molecule has 0 spiro atoms. The maximum atomic E-state index is 13.1. The largest absolute Gasteiger partial charge is 0.494 e. The highest BCUT2D eigenvalue weighted by atomic mass is 16.5. The number of carbonyl (C=O) groups excluding carboxylic acids is 1. The molecule has 0 aromatic heterocycles. The highest BCUT2D eigenvalue weighted by Gasteiger charge is 2.32. The van der Waals surface area contributed by atoms with E-state index >= 15 is 0 Å². The first kappa shape index (κ1) is 14.9. The Balaban J connectivity index is 1.77. The summed E-state index contributed by atoms with van der Waals surface area (Å²) < 4.78 is 5.65. The Bertz CT molecular complexity index is 842. The molecule has 4 rings (SSSR count). The first-order chi connectivity index (χ1) is 11.7. The number of aryl methyl sites for hydroxylation is 1. The number of hydrogen-bond donors (Lipinski definition) is 0. The van der Waals surface area contributed by atoms with E-state index in [1.807, 2.05) is 43.2 Å². The molecule has 0 fully saturated rings. The van der Waals surface area contributed by atoms with Crippen LogP contribution in [0.15, 0.2) is 41.4 Å². The zero-order chi connectivity index (χ0) is 16.7. The number of carbonyl (C=O) groups is 1. The van der Waals surface area contributed by atoms with Gasteiger partial charge in [0, 0.05) is 18.8 Å². The minimum atomic E-state index is 0.00986. The predicted octanol–water partition coefficient (Wildman–Crippen LogP) is 3.68. The Hall–Kier alpha value is -2.62. The Labute approximate surface area is 141 Å². The summed E-state index contributed by atoms with van der Waals surface area (Å²) in [5.74, 6) is 0.845. The van der Waals surface area contributed by atoms with E-state index in [0.29, 0.717) is 24.4 Å². The van der Waals surface area contributed by atoms with Crippen LogP contribution in [0.25, 0.3) is 0 Å². The molecule has 2 aromatic rings. The molecule has 24 heavy (non-hydrogen) atoms. The van der Waals surface area contributed by atoms with Gasteiger partial charge in [0.25, 0.3) is 5.91 Å². The Morgan fingerprint density at radius 3 is 2.83 bits per heavy atom. The van der Waals surface area contributed by atoms with Gasteiger partial charge in [-0.1, -0.05) is 24.3 Å². The number of fused-ring (bicyclic) bond motifs is 3. The summed E-state index contributed by atoms with van der Waals surface area (Å²) in [5.41, 5.74) is 4.85. The maximum Gasteiger partial charge on any atom is 0.256 e. The van der Waals surface area contributed by atoms with Gasteiger partial charge in [-0.2, -0.15) is 0 Å². The summed E-state index contributed by atoms with van der Waals surface area (Å²) in [6.07, 6.45) is 2.72. The third-order valence-electron chi connectivity index (χ3n) is 4.76. The first-order valence-corrected chi connectivity index (χ1v) is 8.36. The molecule has 4 nitrogen and oxygen atoms in total. The van der Waals surface area contributed by atoms with Gasteiger partial charge in [0.15, 0.2) is 0 Å². The standard InChI is InChI=1S/C20H20N2O2/c1-3-24-19-10-18-17(8-13(19)2)20(23)22-12-15-7-5-4-6-14(15)9-16(22)11-21-18/h4-8,10-11,16H,3,9,12H2,1-2H3/t16-/m1/s1. The van der Waals surface area contributed by atoms with Crippen LogP contribution in [0, 0.1) is 6.92 Å². The van der Waals surface area contributed by atoms with Gasteiger partial charge in [-0.25, -0.2) is 0 Å². The summed E-state index contributed by atoms with van der Waals surface area (Å²) in [5, 5.41) is 0. The second kappa shape index (κ2) is 5.78. The third kappa shape index (κ3) is 2.39. The predicted molar refractivity (Wildman–Crippen MR) is 94.3 cm³/mol. The van der Waals surface area contributed by atoms with Crippen LogP contribution in [-0.2, 0) is 13.0 Å². The molecule has 0 unspecified atom stereocenters. The van der Waals surface area contributed by atoms with Gasteiger partial charge < -0.3 is 9.64 Å². The van der Waals surface area contributed by atoms with Crippen molar-refractivity contribution in [1.82, 2.24) is 4.90 Å². The van der Waals surface area contributed by atoms with Gasteiger partial charge in [-0.3, -0.25) is 9.79 Å². The minimum absolute atomic E-state index is 0.00986. The summed E-state index contributed by atoms with van der Waals surface area (Å²) >= 11 is 0. The van der Waals surface area contributed by atoms with Crippen LogP contribution in [0.3, 0.4) is 0 Å². The average molecular weight is 320 g/mol. The highest BCUT2D eigenvalue weighted by molar-refractivity contribution is 6.03. The SMILES string of the molecule is CCOc1cc2c(cc1C)C(=O)N1Cc3ccccc3C[C@@H]1C=N2. The second-order valence-corrected chi connectivity index (χ2v) is 6.32. The van der Waals surface area contributed by atoms with Crippen LogP contribution in [0.4, 0.5) is 5.69 Å². The molecule has 2 aliphatic heterocycles. The van der Waals surface area contributed by atoms with Crippen molar-refractivity contribution in [2.24, 2.45) is 4.99 Å². The monoisotopic (exact) mass is 320 g/mol. The van der Waals surface area contributed by atoms with E-state index in [1.165, 1.54) is 11.1 Å². The van der Waals surface area contributed by atoms with Crippen LogP contribution < -0.4 is 4.74 Å². The second-order valence-electron chi connectivity index (χ2n) is 6.32. The van der Waals surface area contributed by atoms with Crippen molar-refractivity contribution in [3.8, 4) is 5.75 Å². The number of rotatable bonds is 2. The molecule has 122 valence electrons. The molecule has 0 aliphatic carbocycles. The van der Waals surface area contributed by atoms with Crippen molar-refractivity contribution in [3.05, 3.63) is 58.7 Å². The van der Waals surface area contributed by atoms with Crippen LogP contribution in [-0.4, -0.2) is 29.7 Å². The zero-order valence-corrected chi connectivity index (χ0v) is 14.0. The fourth-order valence-electron chi connectivity index (χ4n) is 3.49. The molecule has 0 saturated carbocycles. The van der Waals surface area contributed by atoms with E-state index < -0.39 is 0 Å². The Morgan fingerprint density at radius 2 is 2.04 bits per heavy atom. The van der Waals surface area contributed by atoms with Crippen LogP contribution in [0.1, 0.15) is 34.0 Å². The van der Waals surface area contributed by atoms with Gasteiger partial charge in [0.1, 0.15) is 5.75 Å². The molecule has 0 N–H and O–H groups in total. The van der Waals surface area contributed by atoms with Crippen molar-refractivity contribution < 1.29 is 9.53 Å². The first-order valence-electron chi connectivity index (χ1n) is 8.36. The average Bonchev–Trinajstić information content (AvgIpc) is 2.72. The lowest BCUT2D eigenvalue weighted by Gasteiger charge is -2.34. The van der Waals surface area contributed by atoms with Crippen molar-refractivity contribution in [2.45, 2.75) is 32.9 Å². The fourth-order valence-corrected chi connectivity index (χ4v) is 3.49. The number of aliphatic imine (C=N–C) groups is 1. The van der Waals surface area contributed by atoms with E-state index in [2.05, 4.69) is 23.2 Å². The smallest absolute Gasteiger partial charge is 0.256 e. The van der Waals surface area contributed by atoms with Gasteiger partial charge >= 0.3 is 0 Å². The van der Waals surface area contributed by atoms with Crippen molar-refractivity contribution in [1.29, 1.82) is 0 Å². The lowest BCUT2D eigenvalue weighted by atomic mass is 9.94. The van der Waals surface area contributed by atoms with E-state index in [1.54, 1.807) is 0 Å². The molecule has 4 heteroatoms. The summed E-state index contributed by atoms with van der Waals surface area (Å²) in [6.45, 7) is 5.16. The van der Waals surface area contributed by atoms with Crippen LogP contribution >= 0.6 is 0 Å². The molecule has 2 heterocycles. The van der Waals surface area contributed by atoms with Crippen molar-refractivity contribution in [2.75, 3.05) is 6.61 Å². The zero-order valence-electron chi connectivity index (χ0n) is 14.0.